The number of hydrogen-bond donors (Lipinski definition) is 0. The Morgan fingerprint density at radius 1 is 0.741 bits per heavy atom. The third-order valence-corrected chi connectivity index (χ3v) is 3.86. The highest BCUT2D eigenvalue weighted by molar-refractivity contribution is 5.91. The Balaban J connectivity index is 1.87. The maximum absolute atomic E-state index is 12.2. The minimum absolute atomic E-state index is 0.270. The van der Waals surface area contributed by atoms with Gasteiger partial charge in [-0.15, -0.1) is 0 Å². The van der Waals surface area contributed by atoms with Gasteiger partial charge >= 0.3 is 11.9 Å². The lowest BCUT2D eigenvalue weighted by Gasteiger charge is -2.08. The molecule has 144 valence electrons. The van der Waals surface area contributed by atoms with Crippen molar-refractivity contribution in [2.75, 3.05) is 6.61 Å². The van der Waals surface area contributed by atoms with Crippen molar-refractivity contribution in [1.29, 1.82) is 0 Å². The van der Waals surface area contributed by atoms with Crippen LogP contribution in [0.2, 0.25) is 0 Å². The van der Waals surface area contributed by atoms with Crippen LogP contribution in [0.15, 0.2) is 48.5 Å². The number of carbonyl (C=O) groups is 2. The number of benzene rings is 2. The SMILES string of the molecule is CCCCOc1ccc(OC(=O)c2ccc(OC(=O)CCCC)cc2)cc1. The molecule has 0 spiro atoms. The van der Waals surface area contributed by atoms with E-state index >= 15 is 0 Å². The molecule has 5 nitrogen and oxygen atoms in total. The molecule has 2 aromatic carbocycles. The van der Waals surface area contributed by atoms with Gasteiger partial charge in [0.25, 0.3) is 0 Å². The van der Waals surface area contributed by atoms with E-state index in [1.807, 2.05) is 6.92 Å². The van der Waals surface area contributed by atoms with Crippen LogP contribution in [-0.2, 0) is 4.79 Å². The van der Waals surface area contributed by atoms with E-state index in [-0.39, 0.29) is 5.97 Å². The summed E-state index contributed by atoms with van der Waals surface area (Å²) < 4.78 is 16.1. The van der Waals surface area contributed by atoms with Gasteiger partial charge in [-0.2, -0.15) is 0 Å². The van der Waals surface area contributed by atoms with Crippen LogP contribution >= 0.6 is 0 Å². The number of carbonyl (C=O) groups excluding carboxylic acids is 2. The van der Waals surface area contributed by atoms with E-state index in [4.69, 9.17) is 14.2 Å². The summed E-state index contributed by atoms with van der Waals surface area (Å²) >= 11 is 0. The molecule has 0 fully saturated rings. The third kappa shape index (κ3) is 7.13. The molecule has 0 heterocycles. The first-order valence-electron chi connectivity index (χ1n) is 9.38. The number of esters is 2. The van der Waals surface area contributed by atoms with E-state index in [1.54, 1.807) is 48.5 Å². The summed E-state index contributed by atoms with van der Waals surface area (Å²) in [4.78, 5) is 23.8. The zero-order valence-electron chi connectivity index (χ0n) is 15.9. The molecular formula is C22H26O5. The van der Waals surface area contributed by atoms with Gasteiger partial charge in [0.15, 0.2) is 0 Å². The van der Waals surface area contributed by atoms with Gasteiger partial charge in [0.05, 0.1) is 12.2 Å². The van der Waals surface area contributed by atoms with Crippen LogP contribution in [0.4, 0.5) is 0 Å². The zero-order valence-corrected chi connectivity index (χ0v) is 15.9. The van der Waals surface area contributed by atoms with Crippen LogP contribution in [0.3, 0.4) is 0 Å². The van der Waals surface area contributed by atoms with Gasteiger partial charge in [0, 0.05) is 6.42 Å². The molecule has 0 radical (unpaired) electrons. The van der Waals surface area contributed by atoms with Gasteiger partial charge in [-0.05, 0) is 61.4 Å². The molecule has 0 aliphatic carbocycles. The molecule has 0 aliphatic rings. The van der Waals surface area contributed by atoms with Crippen molar-refractivity contribution in [2.45, 2.75) is 46.0 Å². The summed E-state index contributed by atoms with van der Waals surface area (Å²) in [6.07, 6.45) is 4.20. The molecule has 0 bridgehead atoms. The van der Waals surface area contributed by atoms with Crippen LogP contribution in [-0.4, -0.2) is 18.5 Å². The Morgan fingerprint density at radius 3 is 1.93 bits per heavy atom. The summed E-state index contributed by atoms with van der Waals surface area (Å²) in [5, 5.41) is 0. The third-order valence-electron chi connectivity index (χ3n) is 3.86. The monoisotopic (exact) mass is 370 g/mol. The molecule has 0 aromatic heterocycles. The van der Waals surface area contributed by atoms with E-state index in [1.165, 1.54) is 0 Å². The van der Waals surface area contributed by atoms with Crippen molar-refractivity contribution in [2.24, 2.45) is 0 Å². The second kappa shape index (κ2) is 11.0. The average Bonchev–Trinajstić information content (AvgIpc) is 2.68. The summed E-state index contributed by atoms with van der Waals surface area (Å²) in [5.41, 5.74) is 0.381. The second-order valence-electron chi connectivity index (χ2n) is 6.16. The fourth-order valence-electron chi connectivity index (χ4n) is 2.27. The maximum Gasteiger partial charge on any atom is 0.343 e. The lowest BCUT2D eigenvalue weighted by Crippen LogP contribution is -2.10. The van der Waals surface area contributed by atoms with Gasteiger partial charge < -0.3 is 14.2 Å². The number of rotatable bonds is 10. The van der Waals surface area contributed by atoms with Crippen LogP contribution in [0.5, 0.6) is 17.2 Å². The van der Waals surface area contributed by atoms with Crippen molar-refractivity contribution in [1.82, 2.24) is 0 Å². The van der Waals surface area contributed by atoms with Gasteiger partial charge in [0.1, 0.15) is 17.2 Å². The van der Waals surface area contributed by atoms with Crippen molar-refractivity contribution in [3.05, 3.63) is 54.1 Å². The van der Waals surface area contributed by atoms with Crippen molar-refractivity contribution in [3.8, 4) is 17.2 Å². The first kappa shape index (κ1) is 20.5. The highest BCUT2D eigenvalue weighted by Crippen LogP contribution is 2.20. The summed E-state index contributed by atoms with van der Waals surface area (Å²) in [6.45, 7) is 4.79. The Hall–Kier alpha value is -2.82. The van der Waals surface area contributed by atoms with Crippen molar-refractivity contribution in [3.63, 3.8) is 0 Å². The predicted octanol–water partition coefficient (Wildman–Crippen LogP) is 5.18. The minimum atomic E-state index is -0.474. The van der Waals surface area contributed by atoms with Crippen LogP contribution < -0.4 is 14.2 Å². The van der Waals surface area contributed by atoms with Crippen LogP contribution in [0, 0.1) is 0 Å². The van der Waals surface area contributed by atoms with Gasteiger partial charge in [-0.25, -0.2) is 4.79 Å². The van der Waals surface area contributed by atoms with Gasteiger partial charge in [-0.1, -0.05) is 26.7 Å². The molecule has 0 N–H and O–H groups in total. The smallest absolute Gasteiger partial charge is 0.343 e. The molecule has 2 aromatic rings. The van der Waals surface area contributed by atoms with Gasteiger partial charge in [-0.3, -0.25) is 4.79 Å². The molecule has 0 amide bonds. The van der Waals surface area contributed by atoms with E-state index in [9.17, 15) is 9.59 Å². The lowest BCUT2D eigenvalue weighted by molar-refractivity contribution is -0.134. The maximum atomic E-state index is 12.2. The van der Waals surface area contributed by atoms with E-state index < -0.39 is 5.97 Å². The molecule has 0 atom stereocenters. The number of hydrogen-bond acceptors (Lipinski definition) is 5. The molecule has 27 heavy (non-hydrogen) atoms. The predicted molar refractivity (Wildman–Crippen MR) is 103 cm³/mol. The Kier molecular flexibility index (Phi) is 8.36. The first-order chi connectivity index (χ1) is 13.1. The van der Waals surface area contributed by atoms with E-state index in [0.29, 0.717) is 30.1 Å². The van der Waals surface area contributed by atoms with Crippen molar-refractivity contribution < 1.29 is 23.8 Å². The standard InChI is InChI=1S/C22H26O5/c1-3-5-7-21(23)26-19-10-8-17(9-11-19)22(24)27-20-14-12-18(13-15-20)25-16-6-4-2/h8-15H,3-7,16H2,1-2H3. The Bertz CT molecular complexity index is 719. The summed E-state index contributed by atoms with van der Waals surface area (Å²) in [7, 11) is 0. The Labute approximate surface area is 160 Å². The van der Waals surface area contributed by atoms with Gasteiger partial charge in [0.2, 0.25) is 0 Å². The number of ether oxygens (including phenoxy) is 3. The largest absolute Gasteiger partial charge is 0.494 e. The number of unbranched alkanes of at least 4 members (excludes halogenated alkanes) is 2. The molecule has 5 heteroatoms. The minimum Gasteiger partial charge on any atom is -0.494 e. The highest BCUT2D eigenvalue weighted by atomic mass is 16.5. The summed E-state index contributed by atoms with van der Waals surface area (Å²) in [6, 6.07) is 13.3. The zero-order chi connectivity index (χ0) is 19.5. The molecule has 0 saturated carbocycles. The van der Waals surface area contributed by atoms with Crippen molar-refractivity contribution >= 4 is 11.9 Å². The van der Waals surface area contributed by atoms with Crippen LogP contribution in [0.1, 0.15) is 56.3 Å². The molecule has 2 rings (SSSR count). The second-order valence-corrected chi connectivity index (χ2v) is 6.16. The molecule has 0 saturated heterocycles. The Morgan fingerprint density at radius 2 is 1.30 bits per heavy atom. The fraction of sp³-hybridized carbons (Fsp3) is 0.364. The normalized spacial score (nSPS) is 10.3. The first-order valence-corrected chi connectivity index (χ1v) is 9.38. The summed E-state index contributed by atoms with van der Waals surface area (Å²) in [5.74, 6) is 0.864. The molecular weight excluding hydrogens is 344 g/mol. The van der Waals surface area contributed by atoms with E-state index in [0.717, 1.165) is 31.4 Å². The quantitative estimate of drug-likeness (QED) is 0.328. The lowest BCUT2D eigenvalue weighted by atomic mass is 10.2. The average molecular weight is 370 g/mol. The van der Waals surface area contributed by atoms with E-state index in [2.05, 4.69) is 6.92 Å². The van der Waals surface area contributed by atoms with Crippen LogP contribution in [0.25, 0.3) is 0 Å². The topological polar surface area (TPSA) is 61.8 Å². The highest BCUT2D eigenvalue weighted by Gasteiger charge is 2.10. The molecule has 0 aliphatic heterocycles. The fourth-order valence-corrected chi connectivity index (χ4v) is 2.27. The molecule has 0 unspecified atom stereocenters.